The highest BCUT2D eigenvalue weighted by molar-refractivity contribution is 5.92. The number of piperidine rings is 1. The van der Waals surface area contributed by atoms with Crippen molar-refractivity contribution in [3.05, 3.63) is 29.6 Å². The number of carbonyl (C=O) groups is 1. The predicted octanol–water partition coefficient (Wildman–Crippen LogP) is 2.39. The Hall–Kier alpha value is -2.25. The van der Waals surface area contributed by atoms with Gasteiger partial charge in [-0.15, -0.1) is 0 Å². The van der Waals surface area contributed by atoms with Gasteiger partial charge in [0.25, 0.3) is 0 Å². The van der Waals surface area contributed by atoms with Crippen LogP contribution in [0.2, 0.25) is 0 Å². The molecular weight excluding hydrogens is 332 g/mol. The minimum atomic E-state index is -0.374. The molecule has 138 valence electrons. The summed E-state index contributed by atoms with van der Waals surface area (Å²) in [6, 6.07) is 5.47. The summed E-state index contributed by atoms with van der Waals surface area (Å²) in [6.07, 6.45) is 1.82. The van der Waals surface area contributed by atoms with Gasteiger partial charge in [-0.05, 0) is 44.9 Å². The number of hydrogen-bond donors (Lipinski definition) is 2. The van der Waals surface area contributed by atoms with Crippen molar-refractivity contribution in [3.63, 3.8) is 0 Å². The van der Waals surface area contributed by atoms with Crippen LogP contribution in [-0.4, -0.2) is 57.4 Å². The van der Waals surface area contributed by atoms with Crippen molar-refractivity contribution in [1.82, 2.24) is 14.9 Å². The molecule has 3 heterocycles. The molecule has 4 rings (SSSR count). The van der Waals surface area contributed by atoms with Crippen molar-refractivity contribution in [1.29, 1.82) is 0 Å². The lowest BCUT2D eigenvalue weighted by Crippen LogP contribution is -2.47. The summed E-state index contributed by atoms with van der Waals surface area (Å²) in [5.41, 5.74) is 3.87. The number of aliphatic hydroxyl groups is 1. The summed E-state index contributed by atoms with van der Waals surface area (Å²) in [7, 11) is 0. The van der Waals surface area contributed by atoms with Gasteiger partial charge in [0.05, 0.1) is 40.7 Å². The Kier molecular flexibility index (Phi) is 4.28. The number of benzene rings is 1. The van der Waals surface area contributed by atoms with E-state index in [1.54, 1.807) is 4.90 Å². The second-order valence-corrected chi connectivity index (χ2v) is 7.37. The summed E-state index contributed by atoms with van der Waals surface area (Å²) >= 11 is 0. The van der Waals surface area contributed by atoms with E-state index in [0.717, 1.165) is 35.3 Å². The number of fused-ring (bicyclic) bond motifs is 1. The molecule has 1 aromatic heterocycles. The van der Waals surface area contributed by atoms with E-state index in [-0.39, 0.29) is 17.7 Å². The molecule has 1 unspecified atom stereocenters. The van der Waals surface area contributed by atoms with Gasteiger partial charge < -0.3 is 20.1 Å². The van der Waals surface area contributed by atoms with Gasteiger partial charge in [-0.1, -0.05) is 0 Å². The van der Waals surface area contributed by atoms with Crippen LogP contribution in [-0.2, 0) is 4.74 Å². The van der Waals surface area contributed by atoms with Crippen LogP contribution in [0, 0.1) is 13.8 Å². The number of anilines is 1. The first kappa shape index (κ1) is 17.2. The first-order valence-corrected chi connectivity index (χ1v) is 9.07. The summed E-state index contributed by atoms with van der Waals surface area (Å²) in [4.78, 5) is 23.4. The Morgan fingerprint density at radius 1 is 1.23 bits per heavy atom. The third kappa shape index (κ3) is 3.24. The average Bonchev–Trinajstić information content (AvgIpc) is 2.97. The van der Waals surface area contributed by atoms with E-state index in [0.29, 0.717) is 31.8 Å². The fourth-order valence-corrected chi connectivity index (χ4v) is 3.80. The Balaban J connectivity index is 1.42. The molecule has 2 N–H and O–H groups in total. The summed E-state index contributed by atoms with van der Waals surface area (Å²) in [6.45, 7) is 5.53. The van der Waals surface area contributed by atoms with E-state index in [2.05, 4.69) is 15.3 Å². The van der Waals surface area contributed by atoms with Crippen LogP contribution in [0.15, 0.2) is 18.2 Å². The minimum absolute atomic E-state index is 0.116. The summed E-state index contributed by atoms with van der Waals surface area (Å²) in [5.74, 6) is 0. The first-order valence-electron chi connectivity index (χ1n) is 9.07. The number of nitrogens with one attached hydrogen (secondary N) is 1. The van der Waals surface area contributed by atoms with Gasteiger partial charge in [0.1, 0.15) is 0 Å². The molecule has 1 atom stereocenters. The van der Waals surface area contributed by atoms with Crippen LogP contribution in [0.1, 0.15) is 30.7 Å². The first-order chi connectivity index (χ1) is 12.4. The number of ether oxygens (including phenoxy) is 1. The van der Waals surface area contributed by atoms with Crippen molar-refractivity contribution in [3.8, 4) is 0 Å². The largest absolute Gasteiger partial charge is 0.391 e. The van der Waals surface area contributed by atoms with E-state index in [1.165, 1.54) is 0 Å². The predicted molar refractivity (Wildman–Crippen MR) is 98.1 cm³/mol. The van der Waals surface area contributed by atoms with Crippen molar-refractivity contribution >= 4 is 22.8 Å². The zero-order chi connectivity index (χ0) is 18.3. The molecule has 2 saturated heterocycles. The van der Waals surface area contributed by atoms with Crippen molar-refractivity contribution in [2.24, 2.45) is 0 Å². The van der Waals surface area contributed by atoms with Gasteiger partial charge >= 0.3 is 6.03 Å². The molecule has 0 saturated carbocycles. The SMILES string of the molecule is Cc1nc2ccc(NC(=O)N3CCC4(CC3)CC(O)CO4)cc2nc1C. The number of aliphatic hydroxyl groups excluding tert-OH is 1. The average molecular weight is 356 g/mol. The molecular formula is C19H24N4O3. The number of hydrogen-bond acceptors (Lipinski definition) is 5. The number of aryl methyl sites for hydroxylation is 2. The Morgan fingerprint density at radius 3 is 2.58 bits per heavy atom. The third-order valence-corrected chi connectivity index (χ3v) is 5.48. The topological polar surface area (TPSA) is 87.6 Å². The number of nitrogens with zero attached hydrogens (tertiary/aromatic N) is 3. The monoisotopic (exact) mass is 356 g/mol. The van der Waals surface area contributed by atoms with Gasteiger partial charge in [-0.2, -0.15) is 0 Å². The summed E-state index contributed by atoms with van der Waals surface area (Å²) < 4.78 is 5.79. The molecule has 1 spiro atoms. The smallest absolute Gasteiger partial charge is 0.321 e. The van der Waals surface area contributed by atoms with Crippen LogP contribution >= 0.6 is 0 Å². The molecule has 0 radical (unpaired) electrons. The second kappa shape index (κ2) is 6.48. The number of amides is 2. The summed E-state index contributed by atoms with van der Waals surface area (Å²) in [5, 5.41) is 12.7. The zero-order valence-corrected chi connectivity index (χ0v) is 15.2. The van der Waals surface area contributed by atoms with Gasteiger partial charge in [0.2, 0.25) is 0 Å². The van der Waals surface area contributed by atoms with E-state index in [4.69, 9.17) is 4.74 Å². The van der Waals surface area contributed by atoms with Gasteiger partial charge in [-0.25, -0.2) is 14.8 Å². The van der Waals surface area contributed by atoms with Gasteiger partial charge in [0, 0.05) is 25.2 Å². The highest BCUT2D eigenvalue weighted by atomic mass is 16.5. The molecule has 0 bridgehead atoms. The minimum Gasteiger partial charge on any atom is -0.391 e. The van der Waals surface area contributed by atoms with Crippen LogP contribution in [0.25, 0.3) is 11.0 Å². The molecule has 2 aromatic rings. The molecule has 2 fully saturated rings. The molecule has 1 aromatic carbocycles. The zero-order valence-electron chi connectivity index (χ0n) is 15.2. The quantitative estimate of drug-likeness (QED) is 0.819. The number of aromatic nitrogens is 2. The lowest BCUT2D eigenvalue weighted by atomic mass is 9.88. The van der Waals surface area contributed by atoms with Crippen LogP contribution in [0.4, 0.5) is 10.5 Å². The van der Waals surface area contributed by atoms with Gasteiger partial charge in [0.15, 0.2) is 0 Å². The standard InChI is InChI=1S/C19H24N4O3/c1-12-13(2)21-17-9-14(3-4-16(17)20-12)22-18(25)23-7-5-19(6-8-23)10-15(24)11-26-19/h3-4,9,15,24H,5-8,10-11H2,1-2H3,(H,22,25). The van der Waals surface area contributed by atoms with E-state index < -0.39 is 0 Å². The van der Waals surface area contributed by atoms with E-state index in [9.17, 15) is 9.90 Å². The van der Waals surface area contributed by atoms with Crippen molar-refractivity contribution in [2.75, 3.05) is 25.0 Å². The van der Waals surface area contributed by atoms with Crippen molar-refractivity contribution < 1.29 is 14.6 Å². The highest BCUT2D eigenvalue weighted by Gasteiger charge is 2.42. The lowest BCUT2D eigenvalue weighted by molar-refractivity contribution is -0.0365. The maximum absolute atomic E-state index is 12.6. The fraction of sp³-hybridized carbons (Fsp3) is 0.526. The maximum Gasteiger partial charge on any atom is 0.321 e. The van der Waals surface area contributed by atoms with Crippen LogP contribution < -0.4 is 5.32 Å². The highest BCUT2D eigenvalue weighted by Crippen LogP contribution is 2.36. The molecule has 2 aliphatic heterocycles. The number of carbonyl (C=O) groups excluding carboxylic acids is 1. The van der Waals surface area contributed by atoms with Crippen molar-refractivity contribution in [2.45, 2.75) is 44.8 Å². The molecule has 7 nitrogen and oxygen atoms in total. The van der Waals surface area contributed by atoms with E-state index in [1.807, 2.05) is 32.0 Å². The number of likely N-dealkylation sites (tertiary alicyclic amines) is 1. The molecule has 2 amide bonds. The molecule has 0 aliphatic carbocycles. The Labute approximate surface area is 152 Å². The molecule has 26 heavy (non-hydrogen) atoms. The van der Waals surface area contributed by atoms with E-state index >= 15 is 0 Å². The fourth-order valence-electron chi connectivity index (χ4n) is 3.80. The maximum atomic E-state index is 12.6. The van der Waals surface area contributed by atoms with Crippen LogP contribution in [0.3, 0.4) is 0 Å². The van der Waals surface area contributed by atoms with Gasteiger partial charge in [-0.3, -0.25) is 0 Å². The Bertz CT molecular complexity index is 846. The normalized spacial score (nSPS) is 22.1. The Morgan fingerprint density at radius 2 is 1.92 bits per heavy atom. The third-order valence-electron chi connectivity index (χ3n) is 5.48. The second-order valence-electron chi connectivity index (χ2n) is 7.37. The lowest BCUT2D eigenvalue weighted by Gasteiger charge is -2.38. The number of rotatable bonds is 1. The molecule has 7 heteroatoms. The van der Waals surface area contributed by atoms with Crippen LogP contribution in [0.5, 0.6) is 0 Å². The number of urea groups is 1. The molecule has 2 aliphatic rings.